The van der Waals surface area contributed by atoms with Crippen LogP contribution in [0.5, 0.6) is 0 Å². The number of carbonyl (C=O) groups excluding carboxylic acids is 1. The summed E-state index contributed by atoms with van der Waals surface area (Å²) in [7, 11) is -0.867. The fourth-order valence-corrected chi connectivity index (χ4v) is 3.46. The number of nitrogens with one attached hydrogen (secondary N) is 1. The van der Waals surface area contributed by atoms with Crippen molar-refractivity contribution in [1.82, 2.24) is 10.2 Å². The molecule has 1 aliphatic rings. The van der Waals surface area contributed by atoms with Gasteiger partial charge in [-0.25, -0.2) is 0 Å². The topological polar surface area (TPSA) is 49.4 Å². The second kappa shape index (κ2) is 6.66. The van der Waals surface area contributed by atoms with E-state index < -0.39 is 10.8 Å². The molecule has 1 aliphatic heterocycles. The van der Waals surface area contributed by atoms with Gasteiger partial charge in [-0.05, 0) is 25.7 Å². The maximum Gasteiger partial charge on any atom is 0.241 e. The van der Waals surface area contributed by atoms with Gasteiger partial charge >= 0.3 is 0 Å². The average Bonchev–Trinajstić information content (AvgIpc) is 2.54. The van der Waals surface area contributed by atoms with Gasteiger partial charge in [0.05, 0.1) is 12.2 Å². The van der Waals surface area contributed by atoms with Crippen LogP contribution >= 0.6 is 0 Å². The smallest absolute Gasteiger partial charge is 0.241 e. The summed E-state index contributed by atoms with van der Waals surface area (Å²) in [6.45, 7) is 8.32. The van der Waals surface area contributed by atoms with Gasteiger partial charge in [-0.2, -0.15) is 0 Å². The molecule has 0 bridgehead atoms. The molecule has 1 fully saturated rings. The average molecular weight is 274 g/mol. The van der Waals surface area contributed by atoms with Crippen molar-refractivity contribution < 1.29 is 9.00 Å². The van der Waals surface area contributed by atoms with Gasteiger partial charge < -0.3 is 4.90 Å². The minimum atomic E-state index is -0.867. The zero-order valence-corrected chi connectivity index (χ0v) is 12.9. The number of amides is 1. The quantitative estimate of drug-likeness (QED) is 0.795. The summed E-state index contributed by atoms with van der Waals surface area (Å²) in [5, 5.41) is 3.40. The molecule has 1 N–H and O–H groups in total. The van der Waals surface area contributed by atoms with Gasteiger partial charge in [-0.3, -0.25) is 14.3 Å². The third-order valence-electron chi connectivity index (χ3n) is 3.33. The van der Waals surface area contributed by atoms with Crippen LogP contribution < -0.4 is 5.32 Å². The van der Waals surface area contributed by atoms with Gasteiger partial charge in [-0.1, -0.05) is 20.8 Å². The molecule has 18 heavy (non-hydrogen) atoms. The largest absolute Gasteiger partial charge is 0.322 e. The van der Waals surface area contributed by atoms with Crippen LogP contribution in [0.4, 0.5) is 0 Å². The SMILES string of the molecule is CCC1NC(CC(C)C)C(=O)N1C(C)CS(C)=O. The molecule has 0 spiro atoms. The first-order valence-electron chi connectivity index (χ1n) is 6.75. The van der Waals surface area contributed by atoms with Gasteiger partial charge in [0, 0.05) is 28.9 Å². The highest BCUT2D eigenvalue weighted by Crippen LogP contribution is 2.21. The zero-order valence-electron chi connectivity index (χ0n) is 12.1. The third-order valence-corrected chi connectivity index (χ3v) is 4.28. The number of rotatable bonds is 6. The Morgan fingerprint density at radius 2 is 2.00 bits per heavy atom. The maximum atomic E-state index is 12.4. The Bertz CT molecular complexity index is 320. The lowest BCUT2D eigenvalue weighted by Gasteiger charge is -2.29. The van der Waals surface area contributed by atoms with E-state index in [0.717, 1.165) is 12.8 Å². The molecule has 1 saturated heterocycles. The monoisotopic (exact) mass is 274 g/mol. The van der Waals surface area contributed by atoms with E-state index in [4.69, 9.17) is 0 Å². The molecule has 1 heterocycles. The van der Waals surface area contributed by atoms with Crippen LogP contribution in [-0.4, -0.2) is 45.3 Å². The van der Waals surface area contributed by atoms with Crippen molar-refractivity contribution in [3.8, 4) is 0 Å². The molecule has 4 atom stereocenters. The Hall–Kier alpha value is -0.420. The molecule has 4 nitrogen and oxygen atoms in total. The molecule has 0 aromatic rings. The van der Waals surface area contributed by atoms with Crippen LogP contribution in [0, 0.1) is 5.92 Å². The van der Waals surface area contributed by atoms with E-state index in [0.29, 0.717) is 11.7 Å². The van der Waals surface area contributed by atoms with Crippen molar-refractivity contribution in [2.24, 2.45) is 5.92 Å². The van der Waals surface area contributed by atoms with Crippen LogP contribution in [-0.2, 0) is 15.6 Å². The molecule has 4 unspecified atom stereocenters. The predicted octanol–water partition coefficient (Wildman–Crippen LogP) is 1.34. The maximum absolute atomic E-state index is 12.4. The molecule has 0 aliphatic carbocycles. The fraction of sp³-hybridized carbons (Fsp3) is 0.923. The molecular formula is C13H26N2O2S. The third kappa shape index (κ3) is 3.79. The fourth-order valence-electron chi connectivity index (χ4n) is 2.62. The van der Waals surface area contributed by atoms with Gasteiger partial charge in [0.15, 0.2) is 0 Å². The van der Waals surface area contributed by atoms with Crippen molar-refractivity contribution in [1.29, 1.82) is 0 Å². The van der Waals surface area contributed by atoms with E-state index in [-0.39, 0.29) is 24.2 Å². The van der Waals surface area contributed by atoms with Crippen LogP contribution in [0.2, 0.25) is 0 Å². The standard InChI is InChI=1S/C13H26N2O2S/c1-6-12-14-11(7-9(2)3)13(16)15(12)10(4)8-18(5)17/h9-12,14H,6-8H2,1-5H3. The summed E-state index contributed by atoms with van der Waals surface area (Å²) in [6, 6.07) is -0.0272. The Kier molecular flexibility index (Phi) is 5.79. The molecule has 1 rings (SSSR count). The number of nitrogens with zero attached hydrogens (tertiary/aromatic N) is 1. The lowest BCUT2D eigenvalue weighted by Crippen LogP contribution is -2.45. The molecule has 106 valence electrons. The summed E-state index contributed by atoms with van der Waals surface area (Å²) in [4.78, 5) is 14.3. The molecule has 1 amide bonds. The Labute approximate surface area is 113 Å². The van der Waals surface area contributed by atoms with Crippen LogP contribution in [0.15, 0.2) is 0 Å². The summed E-state index contributed by atoms with van der Waals surface area (Å²) < 4.78 is 11.3. The predicted molar refractivity (Wildman–Crippen MR) is 75.7 cm³/mol. The van der Waals surface area contributed by atoms with Gasteiger partial charge in [-0.15, -0.1) is 0 Å². The summed E-state index contributed by atoms with van der Waals surface area (Å²) in [5.74, 6) is 1.23. The van der Waals surface area contributed by atoms with Crippen LogP contribution in [0.1, 0.15) is 40.5 Å². The van der Waals surface area contributed by atoms with Crippen molar-refractivity contribution in [2.45, 2.75) is 58.8 Å². The Balaban J connectivity index is 2.75. The van der Waals surface area contributed by atoms with Crippen LogP contribution in [0.25, 0.3) is 0 Å². The highest BCUT2D eigenvalue weighted by molar-refractivity contribution is 7.84. The van der Waals surface area contributed by atoms with E-state index in [2.05, 4.69) is 26.1 Å². The van der Waals surface area contributed by atoms with Crippen molar-refractivity contribution in [2.75, 3.05) is 12.0 Å². The lowest BCUT2D eigenvalue weighted by molar-refractivity contribution is -0.131. The van der Waals surface area contributed by atoms with Gasteiger partial charge in [0.25, 0.3) is 0 Å². The van der Waals surface area contributed by atoms with Gasteiger partial charge in [0.2, 0.25) is 5.91 Å². The first-order valence-corrected chi connectivity index (χ1v) is 8.47. The second-order valence-corrected chi connectivity index (χ2v) is 7.09. The van der Waals surface area contributed by atoms with E-state index in [1.807, 2.05) is 11.8 Å². The Morgan fingerprint density at radius 1 is 1.39 bits per heavy atom. The molecule has 0 aromatic carbocycles. The summed E-state index contributed by atoms with van der Waals surface area (Å²) in [5.41, 5.74) is 0. The lowest BCUT2D eigenvalue weighted by atomic mass is 10.0. The van der Waals surface area contributed by atoms with Crippen molar-refractivity contribution >= 4 is 16.7 Å². The van der Waals surface area contributed by atoms with E-state index >= 15 is 0 Å². The molecule has 0 radical (unpaired) electrons. The minimum absolute atomic E-state index is 0.0398. The normalized spacial score (nSPS) is 27.9. The summed E-state index contributed by atoms with van der Waals surface area (Å²) >= 11 is 0. The summed E-state index contributed by atoms with van der Waals surface area (Å²) in [6.07, 6.45) is 3.55. The van der Waals surface area contributed by atoms with Crippen LogP contribution in [0.3, 0.4) is 0 Å². The van der Waals surface area contributed by atoms with E-state index in [1.165, 1.54) is 0 Å². The molecule has 0 aromatic heterocycles. The zero-order chi connectivity index (χ0) is 13.9. The molecular weight excluding hydrogens is 248 g/mol. The Morgan fingerprint density at radius 3 is 2.44 bits per heavy atom. The first kappa shape index (κ1) is 15.6. The molecule has 5 heteroatoms. The minimum Gasteiger partial charge on any atom is -0.322 e. The second-order valence-electron chi connectivity index (χ2n) is 5.61. The number of hydrogen-bond acceptors (Lipinski definition) is 3. The first-order chi connectivity index (χ1) is 8.36. The molecule has 0 saturated carbocycles. The van der Waals surface area contributed by atoms with Crippen molar-refractivity contribution in [3.05, 3.63) is 0 Å². The number of hydrogen-bond donors (Lipinski definition) is 1. The number of carbonyl (C=O) groups is 1. The van der Waals surface area contributed by atoms with Crippen molar-refractivity contribution in [3.63, 3.8) is 0 Å². The highest BCUT2D eigenvalue weighted by atomic mass is 32.2. The highest BCUT2D eigenvalue weighted by Gasteiger charge is 2.40. The van der Waals surface area contributed by atoms with Gasteiger partial charge in [0.1, 0.15) is 0 Å². The van der Waals surface area contributed by atoms with E-state index in [9.17, 15) is 9.00 Å². The van der Waals surface area contributed by atoms with E-state index in [1.54, 1.807) is 6.26 Å².